The molecule has 0 unspecified atom stereocenters. The summed E-state index contributed by atoms with van der Waals surface area (Å²) in [5.41, 5.74) is 0. The predicted octanol–water partition coefficient (Wildman–Crippen LogP) is 2.64. The van der Waals surface area contributed by atoms with Crippen LogP contribution < -0.4 is 5.32 Å². The van der Waals surface area contributed by atoms with Gasteiger partial charge in [0.25, 0.3) is 0 Å². The Balaban J connectivity index is 1.99. The topological polar surface area (TPSA) is 38.3 Å². The molecule has 3 heteroatoms. The highest BCUT2D eigenvalue weighted by Crippen LogP contribution is 2.17. The van der Waals surface area contributed by atoms with Gasteiger partial charge in [-0.3, -0.25) is 4.79 Å². The highest BCUT2D eigenvalue weighted by atomic mass is 16.5. The average Bonchev–Trinajstić information content (AvgIpc) is 2.53. The first-order valence-corrected chi connectivity index (χ1v) is 6.72. The molecule has 1 N–H and O–H groups in total. The van der Waals surface area contributed by atoms with Crippen molar-refractivity contribution in [2.75, 3.05) is 13.2 Å². The SMILES string of the molecule is CCOC(=O)CCCNC1CCCCCC1. The Labute approximate surface area is 98.9 Å². The molecule has 3 nitrogen and oxygen atoms in total. The molecule has 0 saturated heterocycles. The molecule has 1 saturated carbocycles. The zero-order valence-corrected chi connectivity index (χ0v) is 10.5. The van der Waals surface area contributed by atoms with E-state index in [4.69, 9.17) is 4.74 Å². The summed E-state index contributed by atoms with van der Waals surface area (Å²) in [7, 11) is 0. The monoisotopic (exact) mass is 227 g/mol. The fraction of sp³-hybridized carbons (Fsp3) is 0.923. The molecule has 1 rings (SSSR count). The largest absolute Gasteiger partial charge is 0.466 e. The maximum absolute atomic E-state index is 11.1. The number of nitrogens with one attached hydrogen (secondary N) is 1. The van der Waals surface area contributed by atoms with Crippen LogP contribution in [0.2, 0.25) is 0 Å². The Morgan fingerprint density at radius 3 is 2.56 bits per heavy atom. The quantitative estimate of drug-likeness (QED) is 0.431. The van der Waals surface area contributed by atoms with Crippen LogP contribution in [0, 0.1) is 0 Å². The molecule has 0 aromatic carbocycles. The van der Waals surface area contributed by atoms with Crippen LogP contribution in [-0.4, -0.2) is 25.2 Å². The molecule has 0 aliphatic heterocycles. The van der Waals surface area contributed by atoms with Crippen LogP contribution in [0.5, 0.6) is 0 Å². The molecule has 94 valence electrons. The number of esters is 1. The predicted molar refractivity (Wildman–Crippen MR) is 65.4 cm³/mol. The Kier molecular flexibility index (Phi) is 7.23. The molecule has 1 aliphatic carbocycles. The van der Waals surface area contributed by atoms with E-state index in [1.165, 1.54) is 38.5 Å². The van der Waals surface area contributed by atoms with E-state index in [9.17, 15) is 4.79 Å². The van der Waals surface area contributed by atoms with Crippen molar-refractivity contribution in [3.63, 3.8) is 0 Å². The van der Waals surface area contributed by atoms with Crippen molar-refractivity contribution in [3.05, 3.63) is 0 Å². The van der Waals surface area contributed by atoms with Gasteiger partial charge in [0.05, 0.1) is 6.61 Å². The molecule has 0 amide bonds. The minimum absolute atomic E-state index is 0.0647. The first kappa shape index (κ1) is 13.5. The fourth-order valence-electron chi connectivity index (χ4n) is 2.26. The molecule has 0 spiro atoms. The van der Waals surface area contributed by atoms with Crippen LogP contribution in [0.25, 0.3) is 0 Å². The lowest BCUT2D eigenvalue weighted by molar-refractivity contribution is -0.143. The van der Waals surface area contributed by atoms with Crippen molar-refractivity contribution < 1.29 is 9.53 Å². The molecular formula is C13H25NO2. The van der Waals surface area contributed by atoms with Crippen LogP contribution >= 0.6 is 0 Å². The second kappa shape index (κ2) is 8.57. The van der Waals surface area contributed by atoms with Gasteiger partial charge in [0.1, 0.15) is 0 Å². The summed E-state index contributed by atoms with van der Waals surface area (Å²) in [5, 5.41) is 3.55. The molecule has 0 radical (unpaired) electrons. The Bertz CT molecular complexity index is 186. The Morgan fingerprint density at radius 1 is 1.25 bits per heavy atom. The summed E-state index contributed by atoms with van der Waals surface area (Å²) in [6, 6.07) is 0.685. The molecule has 0 aromatic rings. The highest BCUT2D eigenvalue weighted by molar-refractivity contribution is 5.69. The lowest BCUT2D eigenvalue weighted by atomic mass is 10.1. The smallest absolute Gasteiger partial charge is 0.305 e. The van der Waals surface area contributed by atoms with E-state index >= 15 is 0 Å². The first-order valence-electron chi connectivity index (χ1n) is 6.72. The van der Waals surface area contributed by atoms with Crippen molar-refractivity contribution in [3.8, 4) is 0 Å². The number of carbonyl (C=O) groups excluding carboxylic acids is 1. The van der Waals surface area contributed by atoms with Crippen LogP contribution in [0.15, 0.2) is 0 Å². The number of hydrogen-bond acceptors (Lipinski definition) is 3. The lowest BCUT2D eigenvalue weighted by Gasteiger charge is -2.15. The van der Waals surface area contributed by atoms with Crippen molar-refractivity contribution in [2.45, 2.75) is 64.3 Å². The van der Waals surface area contributed by atoms with Gasteiger partial charge in [-0.15, -0.1) is 0 Å². The van der Waals surface area contributed by atoms with Gasteiger partial charge in [-0.25, -0.2) is 0 Å². The maximum atomic E-state index is 11.1. The zero-order chi connectivity index (χ0) is 11.6. The third-order valence-corrected chi connectivity index (χ3v) is 3.15. The Hall–Kier alpha value is -0.570. The van der Waals surface area contributed by atoms with Gasteiger partial charge < -0.3 is 10.1 Å². The van der Waals surface area contributed by atoms with E-state index in [0.717, 1.165) is 13.0 Å². The zero-order valence-electron chi connectivity index (χ0n) is 10.5. The number of ether oxygens (including phenoxy) is 1. The minimum Gasteiger partial charge on any atom is -0.466 e. The highest BCUT2D eigenvalue weighted by Gasteiger charge is 2.11. The molecule has 0 heterocycles. The van der Waals surface area contributed by atoms with Crippen molar-refractivity contribution >= 4 is 5.97 Å². The van der Waals surface area contributed by atoms with E-state index < -0.39 is 0 Å². The number of rotatable bonds is 6. The summed E-state index contributed by atoms with van der Waals surface area (Å²) in [5.74, 6) is -0.0647. The second-order valence-electron chi connectivity index (χ2n) is 4.55. The second-order valence-corrected chi connectivity index (χ2v) is 4.55. The van der Waals surface area contributed by atoms with E-state index in [1.807, 2.05) is 6.92 Å². The van der Waals surface area contributed by atoms with Gasteiger partial charge in [0.2, 0.25) is 0 Å². The summed E-state index contributed by atoms with van der Waals surface area (Å²) in [4.78, 5) is 11.1. The molecule has 16 heavy (non-hydrogen) atoms. The lowest BCUT2D eigenvalue weighted by Crippen LogP contribution is -2.29. The van der Waals surface area contributed by atoms with Gasteiger partial charge in [0.15, 0.2) is 0 Å². The van der Waals surface area contributed by atoms with Gasteiger partial charge >= 0.3 is 5.97 Å². The van der Waals surface area contributed by atoms with Gasteiger partial charge in [-0.1, -0.05) is 25.7 Å². The normalized spacial score (nSPS) is 18.1. The van der Waals surface area contributed by atoms with Crippen LogP contribution in [-0.2, 0) is 9.53 Å². The number of carbonyl (C=O) groups is 1. The minimum atomic E-state index is -0.0647. The molecule has 1 fully saturated rings. The molecule has 1 aliphatic rings. The van der Waals surface area contributed by atoms with Crippen molar-refractivity contribution in [1.82, 2.24) is 5.32 Å². The third-order valence-electron chi connectivity index (χ3n) is 3.15. The summed E-state index contributed by atoms with van der Waals surface area (Å²) in [6.07, 6.45) is 9.55. The molecule has 0 atom stereocenters. The van der Waals surface area contributed by atoms with E-state index in [1.54, 1.807) is 0 Å². The fourth-order valence-corrected chi connectivity index (χ4v) is 2.26. The van der Waals surface area contributed by atoms with Crippen molar-refractivity contribution in [1.29, 1.82) is 0 Å². The van der Waals surface area contributed by atoms with Gasteiger partial charge in [-0.05, 0) is 32.7 Å². The Morgan fingerprint density at radius 2 is 1.94 bits per heavy atom. The van der Waals surface area contributed by atoms with Crippen LogP contribution in [0.1, 0.15) is 58.3 Å². The average molecular weight is 227 g/mol. The first-order chi connectivity index (χ1) is 7.83. The summed E-state index contributed by atoms with van der Waals surface area (Å²) < 4.78 is 4.89. The van der Waals surface area contributed by atoms with Gasteiger partial charge in [0, 0.05) is 12.5 Å². The third kappa shape index (κ3) is 6.11. The van der Waals surface area contributed by atoms with Crippen LogP contribution in [0.4, 0.5) is 0 Å². The molecule has 0 bridgehead atoms. The van der Waals surface area contributed by atoms with E-state index in [2.05, 4.69) is 5.32 Å². The molecule has 0 aromatic heterocycles. The maximum Gasteiger partial charge on any atom is 0.305 e. The summed E-state index contributed by atoms with van der Waals surface area (Å²) in [6.45, 7) is 3.29. The summed E-state index contributed by atoms with van der Waals surface area (Å²) >= 11 is 0. The molecular weight excluding hydrogens is 202 g/mol. The van der Waals surface area contributed by atoms with Gasteiger partial charge in [-0.2, -0.15) is 0 Å². The van der Waals surface area contributed by atoms with Crippen LogP contribution in [0.3, 0.4) is 0 Å². The van der Waals surface area contributed by atoms with E-state index in [0.29, 0.717) is 19.1 Å². The van der Waals surface area contributed by atoms with E-state index in [-0.39, 0.29) is 5.97 Å². The standard InChI is InChI=1S/C13H25NO2/c1-2-16-13(15)10-7-11-14-12-8-5-3-4-6-9-12/h12,14H,2-11H2,1H3. The number of hydrogen-bond donors (Lipinski definition) is 1. The van der Waals surface area contributed by atoms with Crippen molar-refractivity contribution in [2.24, 2.45) is 0 Å².